The van der Waals surface area contributed by atoms with Crippen LogP contribution in [-0.4, -0.2) is 53.0 Å². The van der Waals surface area contributed by atoms with Crippen molar-refractivity contribution in [2.24, 2.45) is 17.8 Å². The third kappa shape index (κ3) is 5.00. The monoisotopic (exact) mass is 528 g/mol. The molecule has 0 unspecified atom stereocenters. The fraction of sp³-hybridized carbons (Fsp3) is 0.519. The van der Waals surface area contributed by atoms with Gasteiger partial charge in [-0.1, -0.05) is 26.0 Å². The van der Waals surface area contributed by atoms with E-state index in [9.17, 15) is 27.5 Å². The van der Waals surface area contributed by atoms with Crippen LogP contribution >= 0.6 is 12.4 Å². The molecule has 9 heteroatoms. The van der Waals surface area contributed by atoms with Crippen LogP contribution in [0.4, 0.5) is 17.6 Å². The molecule has 36 heavy (non-hydrogen) atoms. The molecule has 2 aliphatic heterocycles. The first-order valence-corrected chi connectivity index (χ1v) is 12.1. The predicted molar refractivity (Wildman–Crippen MR) is 132 cm³/mol. The van der Waals surface area contributed by atoms with Gasteiger partial charge in [-0.3, -0.25) is 9.69 Å². The number of nitrogens with zero attached hydrogens (tertiary/aromatic N) is 2. The molecule has 2 heterocycles. The lowest BCUT2D eigenvalue weighted by Crippen LogP contribution is -2.57. The first kappa shape index (κ1) is 28.4. The second kappa shape index (κ2) is 10.7. The molecule has 2 aromatic carbocycles. The maximum absolute atomic E-state index is 14.7. The van der Waals surface area contributed by atoms with Crippen molar-refractivity contribution in [2.45, 2.75) is 45.3 Å². The number of hydrogen-bond donors (Lipinski definition) is 1. The van der Waals surface area contributed by atoms with Crippen LogP contribution in [0.1, 0.15) is 44.7 Å². The number of hydrogen-bond acceptors (Lipinski definition) is 3. The average Bonchev–Trinajstić information content (AvgIpc) is 3.22. The zero-order valence-corrected chi connectivity index (χ0v) is 21.7. The van der Waals surface area contributed by atoms with Gasteiger partial charge in [-0.05, 0) is 31.5 Å². The summed E-state index contributed by atoms with van der Waals surface area (Å²) in [4.78, 5) is 17.5. The fourth-order valence-electron chi connectivity index (χ4n) is 5.88. The highest BCUT2D eigenvalue weighted by Crippen LogP contribution is 2.44. The Hall–Kier alpha value is -2.16. The van der Waals surface area contributed by atoms with Crippen LogP contribution in [0.25, 0.3) is 0 Å². The molecule has 2 saturated heterocycles. The molecule has 4 nitrogen and oxygen atoms in total. The Labute approximate surface area is 215 Å². The van der Waals surface area contributed by atoms with E-state index in [1.165, 1.54) is 18.2 Å². The lowest BCUT2D eigenvalue weighted by Gasteiger charge is -2.48. The Morgan fingerprint density at radius 1 is 0.917 bits per heavy atom. The molecule has 0 radical (unpaired) electrons. The third-order valence-electron chi connectivity index (χ3n) is 7.92. The summed E-state index contributed by atoms with van der Waals surface area (Å²) >= 11 is 0. The molecule has 1 amide bonds. The van der Waals surface area contributed by atoms with Crippen molar-refractivity contribution in [2.75, 3.05) is 26.2 Å². The Kier molecular flexibility index (Phi) is 8.43. The Morgan fingerprint density at radius 2 is 1.47 bits per heavy atom. The zero-order chi connectivity index (χ0) is 25.7. The van der Waals surface area contributed by atoms with Crippen molar-refractivity contribution in [1.29, 1.82) is 0 Å². The van der Waals surface area contributed by atoms with Crippen molar-refractivity contribution in [3.05, 3.63) is 70.8 Å². The molecule has 0 aliphatic carbocycles. The summed E-state index contributed by atoms with van der Waals surface area (Å²) in [7, 11) is 0. The second-order valence-electron chi connectivity index (χ2n) is 10.4. The molecule has 1 N–H and O–H groups in total. The van der Waals surface area contributed by atoms with Crippen molar-refractivity contribution in [3.8, 4) is 0 Å². The Morgan fingerprint density at radius 3 is 2.00 bits per heavy atom. The maximum atomic E-state index is 14.7. The van der Waals surface area contributed by atoms with Crippen LogP contribution in [0.15, 0.2) is 36.4 Å². The van der Waals surface area contributed by atoms with E-state index in [0.29, 0.717) is 18.7 Å². The molecule has 5 atom stereocenters. The number of carbonyl (C=O) groups is 1. The summed E-state index contributed by atoms with van der Waals surface area (Å²) in [5, 5.41) is 11.5. The van der Waals surface area contributed by atoms with E-state index in [1.54, 1.807) is 18.7 Å². The molecular weight excluding hydrogens is 496 g/mol. The van der Waals surface area contributed by atoms with E-state index in [4.69, 9.17) is 0 Å². The van der Waals surface area contributed by atoms with Gasteiger partial charge in [-0.15, -0.1) is 12.4 Å². The minimum absolute atomic E-state index is 0. The highest BCUT2D eigenvalue weighted by Gasteiger charge is 2.50. The summed E-state index contributed by atoms with van der Waals surface area (Å²) in [6, 6.07) is 6.75. The van der Waals surface area contributed by atoms with Crippen LogP contribution in [0.2, 0.25) is 0 Å². The number of benzene rings is 2. The van der Waals surface area contributed by atoms with E-state index >= 15 is 0 Å². The smallest absolute Gasteiger partial charge is 0.227 e. The van der Waals surface area contributed by atoms with E-state index in [2.05, 4.69) is 4.90 Å². The normalized spacial score (nSPS) is 28.9. The number of carbonyl (C=O) groups excluding carboxylic acids is 1. The van der Waals surface area contributed by atoms with E-state index < -0.39 is 52.5 Å². The first-order valence-electron chi connectivity index (χ1n) is 12.1. The highest BCUT2D eigenvalue weighted by molar-refractivity contribution is 5.85. The SMILES string of the molecule is CC(C)N1C[C@@H](C(=O)N2C[C@@H](C)[C@@](O)(c3ccc(F)cc3F)[C@@H](C)C2)[C@H](c2ccc(F)cc2F)C1.Cl. The summed E-state index contributed by atoms with van der Waals surface area (Å²) < 4.78 is 56.3. The van der Waals surface area contributed by atoms with Gasteiger partial charge < -0.3 is 10.0 Å². The quantitative estimate of drug-likeness (QED) is 0.562. The molecular formula is C27H33ClF4N2O2. The van der Waals surface area contributed by atoms with Crippen LogP contribution < -0.4 is 0 Å². The molecule has 198 valence electrons. The summed E-state index contributed by atoms with van der Waals surface area (Å²) in [6.07, 6.45) is 0. The number of likely N-dealkylation sites (tertiary alicyclic amines) is 2. The number of amides is 1. The minimum Gasteiger partial charge on any atom is -0.384 e. The van der Waals surface area contributed by atoms with Gasteiger partial charge in [0.05, 0.1) is 5.92 Å². The van der Waals surface area contributed by atoms with Crippen LogP contribution in [-0.2, 0) is 10.4 Å². The van der Waals surface area contributed by atoms with Crippen molar-refractivity contribution >= 4 is 18.3 Å². The molecule has 0 aromatic heterocycles. The van der Waals surface area contributed by atoms with Gasteiger partial charge in [0.2, 0.25) is 5.91 Å². The van der Waals surface area contributed by atoms with E-state index in [-0.39, 0.29) is 43.0 Å². The molecule has 0 bridgehead atoms. The lowest BCUT2D eigenvalue weighted by atomic mass is 9.70. The van der Waals surface area contributed by atoms with Gasteiger partial charge in [-0.2, -0.15) is 0 Å². The number of rotatable bonds is 4. The second-order valence-corrected chi connectivity index (χ2v) is 10.4. The van der Waals surface area contributed by atoms with Gasteiger partial charge in [0.1, 0.15) is 28.9 Å². The molecule has 2 aliphatic rings. The minimum atomic E-state index is -1.57. The maximum Gasteiger partial charge on any atom is 0.227 e. The van der Waals surface area contributed by atoms with Crippen LogP contribution in [0.3, 0.4) is 0 Å². The van der Waals surface area contributed by atoms with Crippen molar-refractivity contribution in [1.82, 2.24) is 9.80 Å². The molecule has 0 spiro atoms. The molecule has 2 aromatic rings. The standard InChI is InChI=1S/C27H32F4N2O2.ClH/c1-15(2)32-13-21(20-7-5-18(28)9-24(20)30)22(14-32)26(34)33-11-16(3)27(35,17(4)12-33)23-8-6-19(29)10-25(23)31;/h5-10,15-17,21-22,35H,11-14H2,1-4H3;1H/t16-,17+,21-,22+,27+;/m0./s1. The van der Waals surface area contributed by atoms with Gasteiger partial charge in [0.25, 0.3) is 0 Å². The number of aliphatic hydroxyl groups is 1. The topological polar surface area (TPSA) is 43.8 Å². The Bertz CT molecular complexity index is 1100. The average molecular weight is 529 g/mol. The zero-order valence-electron chi connectivity index (χ0n) is 20.8. The predicted octanol–water partition coefficient (Wildman–Crippen LogP) is 5.09. The number of piperidine rings is 1. The van der Waals surface area contributed by atoms with Crippen molar-refractivity contribution < 1.29 is 27.5 Å². The number of halogens is 5. The third-order valence-corrected chi connectivity index (χ3v) is 7.92. The van der Waals surface area contributed by atoms with E-state index in [0.717, 1.165) is 18.2 Å². The van der Waals surface area contributed by atoms with E-state index in [1.807, 2.05) is 13.8 Å². The molecule has 2 fully saturated rings. The van der Waals surface area contributed by atoms with Gasteiger partial charge in [-0.25, -0.2) is 17.6 Å². The first-order chi connectivity index (χ1) is 16.4. The summed E-state index contributed by atoms with van der Waals surface area (Å²) in [5.41, 5.74) is -1.24. The molecule has 4 rings (SSSR count). The lowest BCUT2D eigenvalue weighted by molar-refractivity contribution is -0.153. The summed E-state index contributed by atoms with van der Waals surface area (Å²) in [5.74, 6) is -5.07. The van der Waals surface area contributed by atoms with Crippen LogP contribution in [0, 0.1) is 41.0 Å². The van der Waals surface area contributed by atoms with Gasteiger partial charge >= 0.3 is 0 Å². The van der Waals surface area contributed by atoms with Gasteiger partial charge in [0.15, 0.2) is 0 Å². The Balaban J connectivity index is 0.00000361. The highest BCUT2D eigenvalue weighted by atomic mass is 35.5. The van der Waals surface area contributed by atoms with Gasteiger partial charge in [0, 0.05) is 67.7 Å². The van der Waals surface area contributed by atoms with Crippen molar-refractivity contribution in [3.63, 3.8) is 0 Å². The summed E-state index contributed by atoms with van der Waals surface area (Å²) in [6.45, 7) is 8.76. The van der Waals surface area contributed by atoms with Crippen LogP contribution in [0.5, 0.6) is 0 Å². The largest absolute Gasteiger partial charge is 0.384 e. The fourth-order valence-corrected chi connectivity index (χ4v) is 5.88. The molecule has 0 saturated carbocycles.